The molecule has 0 spiro atoms. The quantitative estimate of drug-likeness (QED) is 0.815. The third-order valence-corrected chi connectivity index (χ3v) is 3.66. The predicted octanol–water partition coefficient (Wildman–Crippen LogP) is 2.50. The summed E-state index contributed by atoms with van der Waals surface area (Å²) in [6, 6.07) is 10.9. The molecule has 0 amide bonds. The van der Waals surface area contributed by atoms with Crippen molar-refractivity contribution in [1.29, 1.82) is 0 Å². The molecule has 1 aromatic carbocycles. The molecule has 1 aliphatic rings. The van der Waals surface area contributed by atoms with Crippen molar-refractivity contribution >= 4 is 0 Å². The Balaban J connectivity index is 2.00. The number of aliphatic hydroxyl groups excluding tert-OH is 1. The third kappa shape index (κ3) is 2.63. The van der Waals surface area contributed by atoms with Crippen molar-refractivity contribution in [3.05, 3.63) is 35.9 Å². The fourth-order valence-corrected chi connectivity index (χ4v) is 2.59. The average molecular weight is 219 g/mol. The van der Waals surface area contributed by atoms with Crippen LogP contribution in [0.25, 0.3) is 0 Å². The zero-order valence-corrected chi connectivity index (χ0v) is 9.89. The highest BCUT2D eigenvalue weighted by molar-refractivity contribution is 5.19. The van der Waals surface area contributed by atoms with E-state index in [2.05, 4.69) is 24.4 Å². The van der Waals surface area contributed by atoms with Gasteiger partial charge in [-0.25, -0.2) is 0 Å². The number of aliphatic hydroxyl groups is 1. The first kappa shape index (κ1) is 11.6. The summed E-state index contributed by atoms with van der Waals surface area (Å²) in [5.41, 5.74) is 1.18. The highest BCUT2D eigenvalue weighted by Gasteiger charge is 2.25. The molecule has 3 atom stereocenters. The van der Waals surface area contributed by atoms with Crippen molar-refractivity contribution in [1.82, 2.24) is 5.32 Å². The lowest BCUT2D eigenvalue weighted by atomic mass is 10.0. The van der Waals surface area contributed by atoms with Crippen LogP contribution in [0.1, 0.15) is 37.8 Å². The average Bonchev–Trinajstić information content (AvgIpc) is 2.73. The highest BCUT2D eigenvalue weighted by atomic mass is 16.3. The Hall–Kier alpha value is -0.860. The first-order valence-corrected chi connectivity index (χ1v) is 6.23. The van der Waals surface area contributed by atoms with Gasteiger partial charge in [0, 0.05) is 6.04 Å². The standard InChI is InChI=1S/C14H21NO/c1-11-6-5-9-13(11)15-14(10-16)12-7-3-2-4-8-12/h2-4,7-8,11,13-16H,5-6,9-10H2,1H3. The van der Waals surface area contributed by atoms with E-state index in [0.717, 1.165) is 5.92 Å². The van der Waals surface area contributed by atoms with Gasteiger partial charge in [0.1, 0.15) is 0 Å². The third-order valence-electron chi connectivity index (χ3n) is 3.66. The Morgan fingerprint density at radius 1 is 1.31 bits per heavy atom. The van der Waals surface area contributed by atoms with Crippen molar-refractivity contribution in [2.75, 3.05) is 6.61 Å². The number of nitrogens with one attached hydrogen (secondary N) is 1. The van der Waals surface area contributed by atoms with Gasteiger partial charge < -0.3 is 10.4 Å². The first-order chi connectivity index (χ1) is 7.81. The monoisotopic (exact) mass is 219 g/mol. The Morgan fingerprint density at radius 2 is 2.06 bits per heavy atom. The molecule has 2 heteroatoms. The van der Waals surface area contributed by atoms with Gasteiger partial charge in [0.2, 0.25) is 0 Å². The second-order valence-corrected chi connectivity index (χ2v) is 4.83. The van der Waals surface area contributed by atoms with Crippen LogP contribution in [0.15, 0.2) is 30.3 Å². The molecule has 0 radical (unpaired) electrons. The first-order valence-electron chi connectivity index (χ1n) is 6.23. The summed E-state index contributed by atoms with van der Waals surface area (Å²) in [7, 11) is 0. The fraction of sp³-hybridized carbons (Fsp3) is 0.571. The Morgan fingerprint density at radius 3 is 2.62 bits per heavy atom. The minimum Gasteiger partial charge on any atom is -0.394 e. The van der Waals surface area contributed by atoms with Gasteiger partial charge in [0.15, 0.2) is 0 Å². The summed E-state index contributed by atoms with van der Waals surface area (Å²) >= 11 is 0. The summed E-state index contributed by atoms with van der Waals surface area (Å²) in [5, 5.41) is 13.0. The fourth-order valence-electron chi connectivity index (χ4n) is 2.59. The maximum absolute atomic E-state index is 9.46. The SMILES string of the molecule is CC1CCCC1NC(CO)c1ccccc1. The van der Waals surface area contributed by atoms with Crippen LogP contribution in [0.2, 0.25) is 0 Å². The summed E-state index contributed by atoms with van der Waals surface area (Å²) < 4.78 is 0. The number of hydrogen-bond donors (Lipinski definition) is 2. The Bertz CT molecular complexity index is 312. The lowest BCUT2D eigenvalue weighted by molar-refractivity contribution is 0.225. The second-order valence-electron chi connectivity index (χ2n) is 4.83. The zero-order valence-electron chi connectivity index (χ0n) is 9.89. The van der Waals surface area contributed by atoms with Crippen molar-refractivity contribution in [2.45, 2.75) is 38.3 Å². The molecule has 0 aromatic heterocycles. The topological polar surface area (TPSA) is 32.3 Å². The molecule has 0 bridgehead atoms. The van der Waals surface area contributed by atoms with Crippen LogP contribution < -0.4 is 5.32 Å². The molecule has 1 saturated carbocycles. The minimum absolute atomic E-state index is 0.0896. The summed E-state index contributed by atoms with van der Waals surface area (Å²) in [5.74, 6) is 0.734. The van der Waals surface area contributed by atoms with Gasteiger partial charge in [-0.3, -0.25) is 0 Å². The molecule has 0 heterocycles. The molecule has 2 N–H and O–H groups in total. The molecule has 1 aliphatic carbocycles. The molecule has 1 aromatic rings. The van der Waals surface area contributed by atoms with E-state index in [0.29, 0.717) is 6.04 Å². The Kier molecular flexibility index (Phi) is 3.97. The van der Waals surface area contributed by atoms with E-state index < -0.39 is 0 Å². The van der Waals surface area contributed by atoms with Gasteiger partial charge in [-0.1, -0.05) is 43.7 Å². The van der Waals surface area contributed by atoms with E-state index in [9.17, 15) is 5.11 Å². The molecule has 16 heavy (non-hydrogen) atoms. The van der Waals surface area contributed by atoms with Crippen LogP contribution in [-0.4, -0.2) is 17.8 Å². The molecule has 88 valence electrons. The summed E-state index contributed by atoms with van der Waals surface area (Å²) in [6.45, 7) is 2.47. The van der Waals surface area contributed by atoms with Crippen LogP contribution in [-0.2, 0) is 0 Å². The number of rotatable bonds is 4. The molecule has 0 aliphatic heterocycles. The second kappa shape index (κ2) is 5.46. The van der Waals surface area contributed by atoms with Crippen molar-refractivity contribution in [3.8, 4) is 0 Å². The van der Waals surface area contributed by atoms with Gasteiger partial charge in [0.25, 0.3) is 0 Å². The van der Waals surface area contributed by atoms with Crippen molar-refractivity contribution in [3.63, 3.8) is 0 Å². The van der Waals surface area contributed by atoms with E-state index in [4.69, 9.17) is 0 Å². The van der Waals surface area contributed by atoms with E-state index in [1.165, 1.54) is 24.8 Å². The molecule has 1 fully saturated rings. The van der Waals surface area contributed by atoms with Gasteiger partial charge in [-0.2, -0.15) is 0 Å². The van der Waals surface area contributed by atoms with E-state index >= 15 is 0 Å². The minimum atomic E-state index is 0.0896. The largest absolute Gasteiger partial charge is 0.394 e. The molecule has 2 nitrogen and oxygen atoms in total. The normalized spacial score (nSPS) is 26.9. The smallest absolute Gasteiger partial charge is 0.0626 e. The van der Waals surface area contributed by atoms with Gasteiger partial charge in [-0.05, 0) is 24.3 Å². The van der Waals surface area contributed by atoms with Crippen LogP contribution in [0.4, 0.5) is 0 Å². The molecular formula is C14H21NO. The van der Waals surface area contributed by atoms with E-state index in [1.807, 2.05) is 18.2 Å². The lowest BCUT2D eigenvalue weighted by Gasteiger charge is -2.24. The maximum atomic E-state index is 9.46. The van der Waals surface area contributed by atoms with Gasteiger partial charge in [-0.15, -0.1) is 0 Å². The van der Waals surface area contributed by atoms with Crippen molar-refractivity contribution in [2.24, 2.45) is 5.92 Å². The number of benzene rings is 1. The lowest BCUT2D eigenvalue weighted by Crippen LogP contribution is -2.36. The molecule has 0 saturated heterocycles. The predicted molar refractivity (Wildman–Crippen MR) is 66.2 cm³/mol. The maximum Gasteiger partial charge on any atom is 0.0626 e. The summed E-state index contributed by atoms with van der Waals surface area (Å²) in [6.07, 6.45) is 3.86. The van der Waals surface area contributed by atoms with Gasteiger partial charge >= 0.3 is 0 Å². The molecule has 2 rings (SSSR count). The van der Waals surface area contributed by atoms with Crippen LogP contribution in [0.5, 0.6) is 0 Å². The molecule has 3 unspecified atom stereocenters. The summed E-state index contributed by atoms with van der Waals surface area (Å²) in [4.78, 5) is 0. The Labute approximate surface area is 97.7 Å². The van der Waals surface area contributed by atoms with Crippen molar-refractivity contribution < 1.29 is 5.11 Å². The van der Waals surface area contributed by atoms with Crippen LogP contribution >= 0.6 is 0 Å². The highest BCUT2D eigenvalue weighted by Crippen LogP contribution is 2.27. The van der Waals surface area contributed by atoms with Gasteiger partial charge in [0.05, 0.1) is 12.6 Å². The van der Waals surface area contributed by atoms with Crippen LogP contribution in [0, 0.1) is 5.92 Å². The van der Waals surface area contributed by atoms with E-state index in [-0.39, 0.29) is 12.6 Å². The van der Waals surface area contributed by atoms with E-state index in [1.54, 1.807) is 0 Å². The zero-order chi connectivity index (χ0) is 11.4. The van der Waals surface area contributed by atoms with Crippen LogP contribution in [0.3, 0.4) is 0 Å². The molecular weight excluding hydrogens is 198 g/mol. The number of hydrogen-bond acceptors (Lipinski definition) is 2.